The summed E-state index contributed by atoms with van der Waals surface area (Å²) >= 11 is 0. The largest absolute Gasteiger partial charge is 0.312 e. The molecule has 98 valence electrons. The minimum atomic E-state index is 0.752. The predicted molar refractivity (Wildman–Crippen MR) is 74.2 cm³/mol. The lowest BCUT2D eigenvalue weighted by Gasteiger charge is -2.32. The predicted octanol–water partition coefficient (Wildman–Crippen LogP) is 2.81. The van der Waals surface area contributed by atoms with Crippen molar-refractivity contribution in [3.8, 4) is 0 Å². The monoisotopic (exact) mass is 236 g/mol. The molecule has 2 nitrogen and oxygen atoms in total. The molecule has 1 unspecified atom stereocenters. The van der Waals surface area contributed by atoms with E-state index in [-0.39, 0.29) is 0 Å². The Hall–Kier alpha value is -0.340. The molecule has 1 aliphatic heterocycles. The molecule has 0 aromatic rings. The van der Waals surface area contributed by atoms with Gasteiger partial charge in [-0.05, 0) is 44.7 Å². The third-order valence-corrected chi connectivity index (χ3v) is 4.38. The van der Waals surface area contributed by atoms with E-state index in [4.69, 9.17) is 0 Å². The summed E-state index contributed by atoms with van der Waals surface area (Å²) in [5, 5.41) is 3.79. The summed E-state index contributed by atoms with van der Waals surface area (Å²) in [6, 6.07) is 0.752. The summed E-state index contributed by atoms with van der Waals surface area (Å²) < 4.78 is 0. The van der Waals surface area contributed by atoms with Crippen LogP contribution in [0.5, 0.6) is 0 Å². The van der Waals surface area contributed by atoms with Gasteiger partial charge in [-0.25, -0.2) is 0 Å². The summed E-state index contributed by atoms with van der Waals surface area (Å²) in [5.74, 6) is 0.938. The van der Waals surface area contributed by atoms with Crippen molar-refractivity contribution in [2.24, 2.45) is 5.92 Å². The Morgan fingerprint density at radius 2 is 2.00 bits per heavy atom. The normalized spacial score (nSPS) is 28.8. The van der Waals surface area contributed by atoms with Gasteiger partial charge in [0.25, 0.3) is 0 Å². The van der Waals surface area contributed by atoms with E-state index in [1.54, 1.807) is 0 Å². The van der Waals surface area contributed by atoms with E-state index in [1.165, 1.54) is 64.7 Å². The second-order valence-corrected chi connectivity index (χ2v) is 5.69. The zero-order valence-electron chi connectivity index (χ0n) is 11.2. The minimum absolute atomic E-state index is 0.752. The Morgan fingerprint density at radius 1 is 1.18 bits per heavy atom. The van der Waals surface area contributed by atoms with Crippen molar-refractivity contribution in [2.45, 2.75) is 51.0 Å². The fourth-order valence-corrected chi connectivity index (χ4v) is 3.35. The topological polar surface area (TPSA) is 15.3 Å². The molecule has 0 aromatic carbocycles. The van der Waals surface area contributed by atoms with Gasteiger partial charge < -0.3 is 10.2 Å². The van der Waals surface area contributed by atoms with Crippen molar-refractivity contribution < 1.29 is 0 Å². The van der Waals surface area contributed by atoms with Crippen molar-refractivity contribution in [3.05, 3.63) is 12.7 Å². The van der Waals surface area contributed by atoms with Crippen LogP contribution in [-0.2, 0) is 0 Å². The SMILES string of the molecule is C=CCCN1CCCNC(C2CCCCC2)C1. The highest BCUT2D eigenvalue weighted by Gasteiger charge is 2.26. The molecule has 2 aliphatic rings. The zero-order chi connectivity index (χ0) is 11.9. The molecule has 1 aliphatic carbocycles. The van der Waals surface area contributed by atoms with E-state index in [2.05, 4.69) is 16.8 Å². The molecule has 2 fully saturated rings. The minimum Gasteiger partial charge on any atom is -0.312 e. The summed E-state index contributed by atoms with van der Waals surface area (Å²) in [6.45, 7) is 8.78. The maximum atomic E-state index is 3.84. The Labute approximate surface area is 106 Å². The first-order chi connectivity index (χ1) is 8.40. The van der Waals surface area contributed by atoms with E-state index >= 15 is 0 Å². The van der Waals surface area contributed by atoms with Crippen molar-refractivity contribution in [2.75, 3.05) is 26.2 Å². The Morgan fingerprint density at radius 3 is 2.76 bits per heavy atom. The Bertz CT molecular complexity index is 221. The number of rotatable bonds is 4. The second kappa shape index (κ2) is 7.17. The van der Waals surface area contributed by atoms with Gasteiger partial charge in [-0.15, -0.1) is 6.58 Å². The van der Waals surface area contributed by atoms with Gasteiger partial charge in [-0.1, -0.05) is 25.3 Å². The van der Waals surface area contributed by atoms with Crippen LogP contribution in [0.15, 0.2) is 12.7 Å². The number of hydrogen-bond acceptors (Lipinski definition) is 2. The van der Waals surface area contributed by atoms with Crippen LogP contribution in [0.1, 0.15) is 44.9 Å². The van der Waals surface area contributed by atoms with Gasteiger partial charge in [0.1, 0.15) is 0 Å². The first-order valence-electron chi connectivity index (χ1n) is 7.47. The van der Waals surface area contributed by atoms with Gasteiger partial charge >= 0.3 is 0 Å². The van der Waals surface area contributed by atoms with E-state index in [1.807, 2.05) is 6.08 Å². The summed E-state index contributed by atoms with van der Waals surface area (Å²) in [6.07, 6.45) is 11.8. The maximum absolute atomic E-state index is 3.84. The van der Waals surface area contributed by atoms with Crippen LogP contribution in [0.3, 0.4) is 0 Å². The Balaban J connectivity index is 1.84. The molecular weight excluding hydrogens is 208 g/mol. The summed E-state index contributed by atoms with van der Waals surface area (Å²) in [5.41, 5.74) is 0. The fourth-order valence-electron chi connectivity index (χ4n) is 3.35. The molecule has 1 saturated heterocycles. The Kier molecular flexibility index (Phi) is 5.53. The molecule has 0 bridgehead atoms. The third kappa shape index (κ3) is 4.11. The quantitative estimate of drug-likeness (QED) is 0.755. The number of nitrogens with one attached hydrogen (secondary N) is 1. The molecule has 17 heavy (non-hydrogen) atoms. The molecule has 1 atom stereocenters. The van der Waals surface area contributed by atoms with Crippen LogP contribution in [0.25, 0.3) is 0 Å². The molecule has 1 N–H and O–H groups in total. The van der Waals surface area contributed by atoms with Gasteiger partial charge in [-0.3, -0.25) is 0 Å². The number of nitrogens with zero attached hydrogens (tertiary/aromatic N) is 1. The van der Waals surface area contributed by atoms with Crippen molar-refractivity contribution in [1.82, 2.24) is 10.2 Å². The fraction of sp³-hybridized carbons (Fsp3) is 0.867. The smallest absolute Gasteiger partial charge is 0.0223 e. The van der Waals surface area contributed by atoms with Gasteiger partial charge in [-0.2, -0.15) is 0 Å². The van der Waals surface area contributed by atoms with E-state index < -0.39 is 0 Å². The molecule has 0 amide bonds. The molecule has 1 saturated carbocycles. The first-order valence-corrected chi connectivity index (χ1v) is 7.47. The molecular formula is C15H28N2. The van der Waals surface area contributed by atoms with Crippen LogP contribution in [0.4, 0.5) is 0 Å². The van der Waals surface area contributed by atoms with Gasteiger partial charge in [0, 0.05) is 19.1 Å². The lowest BCUT2D eigenvalue weighted by atomic mass is 9.83. The summed E-state index contributed by atoms with van der Waals surface area (Å²) in [4.78, 5) is 2.64. The van der Waals surface area contributed by atoms with Gasteiger partial charge in [0.15, 0.2) is 0 Å². The highest BCUT2D eigenvalue weighted by molar-refractivity contribution is 4.85. The molecule has 2 heteroatoms. The lowest BCUT2D eigenvalue weighted by Crippen LogP contribution is -2.43. The molecule has 1 heterocycles. The average molecular weight is 236 g/mol. The summed E-state index contributed by atoms with van der Waals surface area (Å²) in [7, 11) is 0. The van der Waals surface area contributed by atoms with Crippen LogP contribution >= 0.6 is 0 Å². The molecule has 0 spiro atoms. The molecule has 0 aromatic heterocycles. The average Bonchev–Trinajstić information content (AvgIpc) is 2.63. The van der Waals surface area contributed by atoms with Crippen LogP contribution < -0.4 is 5.32 Å². The third-order valence-electron chi connectivity index (χ3n) is 4.38. The number of hydrogen-bond donors (Lipinski definition) is 1. The second-order valence-electron chi connectivity index (χ2n) is 5.69. The molecule has 2 rings (SSSR count). The van der Waals surface area contributed by atoms with E-state index in [9.17, 15) is 0 Å². The highest BCUT2D eigenvalue weighted by Crippen LogP contribution is 2.27. The van der Waals surface area contributed by atoms with Crippen molar-refractivity contribution >= 4 is 0 Å². The van der Waals surface area contributed by atoms with Crippen LogP contribution in [0.2, 0.25) is 0 Å². The van der Waals surface area contributed by atoms with E-state index in [0.717, 1.165) is 18.4 Å². The highest BCUT2D eigenvalue weighted by atomic mass is 15.2. The van der Waals surface area contributed by atoms with Crippen molar-refractivity contribution in [1.29, 1.82) is 0 Å². The zero-order valence-corrected chi connectivity index (χ0v) is 11.2. The lowest BCUT2D eigenvalue weighted by molar-refractivity contribution is 0.208. The molecule has 0 radical (unpaired) electrons. The van der Waals surface area contributed by atoms with E-state index in [0.29, 0.717) is 0 Å². The van der Waals surface area contributed by atoms with Crippen LogP contribution in [-0.4, -0.2) is 37.1 Å². The van der Waals surface area contributed by atoms with Gasteiger partial charge in [0.05, 0.1) is 0 Å². The standard InChI is InChI=1S/C15H28N2/c1-2-3-11-17-12-7-10-16-15(13-17)14-8-5-4-6-9-14/h2,14-16H,1,3-13H2. The van der Waals surface area contributed by atoms with Gasteiger partial charge in [0.2, 0.25) is 0 Å². The maximum Gasteiger partial charge on any atom is 0.0223 e. The van der Waals surface area contributed by atoms with Crippen LogP contribution in [0, 0.1) is 5.92 Å². The first kappa shape index (κ1) is 13.1. The van der Waals surface area contributed by atoms with Crippen molar-refractivity contribution in [3.63, 3.8) is 0 Å².